The number of hydroxylamine groups is 2. The lowest BCUT2D eigenvalue weighted by molar-refractivity contribution is -0.166. The van der Waals surface area contributed by atoms with Crippen LogP contribution in [0.5, 0.6) is 0 Å². The summed E-state index contributed by atoms with van der Waals surface area (Å²) < 4.78 is 0. The minimum absolute atomic E-state index is 0.350. The summed E-state index contributed by atoms with van der Waals surface area (Å²) in [5.74, 6) is -0.174. The van der Waals surface area contributed by atoms with Crippen molar-refractivity contribution in [2.75, 3.05) is 11.8 Å². The zero-order chi connectivity index (χ0) is 16.9. The predicted octanol–water partition coefficient (Wildman–Crippen LogP) is 3.98. The highest BCUT2D eigenvalue weighted by Gasteiger charge is 2.56. The maximum atomic E-state index is 12.9. The minimum atomic E-state index is -1.21. The van der Waals surface area contributed by atoms with E-state index in [9.17, 15) is 9.59 Å². The average molecular weight is 356 g/mol. The Balaban J connectivity index is 2.27. The molecular weight excluding hydrogens is 337 g/mol. The number of rotatable bonds is 8. The molecule has 0 radical (unpaired) electrons. The molecule has 0 aromatic heterocycles. The van der Waals surface area contributed by atoms with Crippen molar-refractivity contribution < 1.29 is 14.4 Å². The number of nitrogens with zero attached hydrogens (tertiary/aromatic N) is 1. The van der Waals surface area contributed by atoms with Gasteiger partial charge in [-0.1, -0.05) is 36.9 Å². The molecule has 0 bridgehead atoms. The van der Waals surface area contributed by atoms with Crippen molar-refractivity contribution in [1.82, 2.24) is 5.06 Å². The Labute approximate surface area is 146 Å². The number of halogens is 2. The van der Waals surface area contributed by atoms with Crippen LogP contribution in [0.25, 0.3) is 5.70 Å². The van der Waals surface area contributed by atoms with Gasteiger partial charge in [0.25, 0.3) is 5.91 Å². The highest BCUT2D eigenvalue weighted by molar-refractivity contribution is 6.18. The van der Waals surface area contributed by atoms with Crippen molar-refractivity contribution in [3.8, 4) is 0 Å². The lowest BCUT2D eigenvalue weighted by atomic mass is 9.79. The van der Waals surface area contributed by atoms with Gasteiger partial charge in [-0.2, -0.15) is 0 Å². The van der Waals surface area contributed by atoms with E-state index < -0.39 is 11.4 Å². The molecule has 0 saturated carbocycles. The van der Waals surface area contributed by atoms with Crippen LogP contribution in [0.3, 0.4) is 0 Å². The Bertz CT molecular complexity index is 581. The number of carbonyl (C=O) groups excluding carboxylic acids is 2. The smallest absolute Gasteiger partial charge is 0.332 e. The summed E-state index contributed by atoms with van der Waals surface area (Å²) in [6.45, 7) is 3.89. The van der Waals surface area contributed by atoms with Gasteiger partial charge in [0.2, 0.25) is 0 Å². The van der Waals surface area contributed by atoms with E-state index in [1.807, 2.05) is 18.2 Å². The second-order valence-electron chi connectivity index (χ2n) is 5.46. The number of benzene rings is 1. The molecule has 1 aliphatic rings. The summed E-state index contributed by atoms with van der Waals surface area (Å²) in [7, 11) is 0. The Morgan fingerprint density at radius 3 is 2.17 bits per heavy atom. The molecule has 0 aliphatic carbocycles. The number of amides is 1. The number of hydrogen-bond donors (Lipinski definition) is 0. The molecule has 1 aliphatic heterocycles. The van der Waals surface area contributed by atoms with Gasteiger partial charge in [0.1, 0.15) is 0 Å². The highest BCUT2D eigenvalue weighted by Crippen LogP contribution is 2.41. The van der Waals surface area contributed by atoms with E-state index in [2.05, 4.69) is 6.58 Å². The van der Waals surface area contributed by atoms with E-state index in [1.165, 1.54) is 0 Å². The summed E-state index contributed by atoms with van der Waals surface area (Å²) >= 11 is 11.5. The highest BCUT2D eigenvalue weighted by atomic mass is 35.5. The second kappa shape index (κ2) is 7.84. The first-order valence-electron chi connectivity index (χ1n) is 7.50. The molecule has 23 heavy (non-hydrogen) atoms. The van der Waals surface area contributed by atoms with Gasteiger partial charge in [-0.25, -0.2) is 4.79 Å². The zero-order valence-electron chi connectivity index (χ0n) is 12.8. The fourth-order valence-electron chi connectivity index (χ4n) is 2.70. The van der Waals surface area contributed by atoms with E-state index in [4.69, 9.17) is 28.0 Å². The fraction of sp³-hybridized carbons (Fsp3) is 0.412. The van der Waals surface area contributed by atoms with E-state index in [0.717, 1.165) is 10.6 Å². The topological polar surface area (TPSA) is 46.6 Å². The van der Waals surface area contributed by atoms with Crippen LogP contribution in [0.15, 0.2) is 36.9 Å². The molecular formula is C17H19Cl2NO3. The van der Waals surface area contributed by atoms with Crippen molar-refractivity contribution in [3.63, 3.8) is 0 Å². The fourth-order valence-corrected chi connectivity index (χ4v) is 2.97. The van der Waals surface area contributed by atoms with E-state index in [1.54, 1.807) is 12.1 Å². The molecule has 0 atom stereocenters. The Morgan fingerprint density at radius 1 is 1.09 bits per heavy atom. The molecule has 1 aromatic carbocycles. The molecule has 124 valence electrons. The summed E-state index contributed by atoms with van der Waals surface area (Å²) in [6.07, 6.45) is 1.81. The molecule has 6 heteroatoms. The Hall–Kier alpha value is -1.52. The zero-order valence-corrected chi connectivity index (χ0v) is 14.3. The van der Waals surface area contributed by atoms with Crippen LogP contribution in [-0.2, 0) is 14.4 Å². The van der Waals surface area contributed by atoms with E-state index >= 15 is 0 Å². The standard InChI is InChI=1S/C17H19Cl2NO3/c1-13(14-7-3-2-4-8-14)20-15(21)17(9-5-11-18,10-6-12-19)16(22)23-20/h2-4,7-8H,1,5-6,9-12H2. The first kappa shape index (κ1) is 17.8. The molecule has 1 fully saturated rings. The normalized spacial score (nSPS) is 16.5. The van der Waals surface area contributed by atoms with Gasteiger partial charge in [-0.15, -0.1) is 28.3 Å². The molecule has 2 rings (SSSR count). The van der Waals surface area contributed by atoms with Gasteiger partial charge in [0.15, 0.2) is 5.41 Å². The van der Waals surface area contributed by atoms with Crippen LogP contribution >= 0.6 is 23.2 Å². The predicted molar refractivity (Wildman–Crippen MR) is 90.8 cm³/mol. The third kappa shape index (κ3) is 3.54. The number of alkyl halides is 2. The summed E-state index contributed by atoms with van der Waals surface area (Å²) in [5.41, 5.74) is -0.136. The van der Waals surface area contributed by atoms with Crippen molar-refractivity contribution in [3.05, 3.63) is 42.5 Å². The number of hydrogen-bond acceptors (Lipinski definition) is 3. The molecule has 0 N–H and O–H groups in total. The third-order valence-corrected chi connectivity index (χ3v) is 4.52. The van der Waals surface area contributed by atoms with Crippen LogP contribution in [0.1, 0.15) is 31.2 Å². The van der Waals surface area contributed by atoms with Crippen molar-refractivity contribution in [2.24, 2.45) is 5.41 Å². The SMILES string of the molecule is C=C(c1ccccc1)N1OC(=O)C(CCCCl)(CCCCl)C1=O. The molecule has 4 nitrogen and oxygen atoms in total. The Morgan fingerprint density at radius 2 is 1.65 bits per heavy atom. The van der Waals surface area contributed by atoms with Crippen LogP contribution in [0.4, 0.5) is 0 Å². The van der Waals surface area contributed by atoms with Crippen molar-refractivity contribution in [2.45, 2.75) is 25.7 Å². The number of carbonyl (C=O) groups is 2. The maximum absolute atomic E-state index is 12.9. The molecule has 0 spiro atoms. The van der Waals surface area contributed by atoms with E-state index in [-0.39, 0.29) is 5.91 Å². The molecule has 1 amide bonds. The molecule has 1 saturated heterocycles. The second-order valence-corrected chi connectivity index (χ2v) is 6.21. The Kier molecular flexibility index (Phi) is 6.08. The lowest BCUT2D eigenvalue weighted by Crippen LogP contribution is -2.36. The van der Waals surface area contributed by atoms with Crippen LogP contribution in [-0.4, -0.2) is 28.7 Å². The largest absolute Gasteiger partial charge is 0.348 e. The summed E-state index contributed by atoms with van der Waals surface area (Å²) in [4.78, 5) is 30.6. The molecule has 1 heterocycles. The minimum Gasteiger partial charge on any atom is -0.332 e. The third-order valence-electron chi connectivity index (χ3n) is 3.99. The van der Waals surface area contributed by atoms with Gasteiger partial charge >= 0.3 is 5.97 Å². The van der Waals surface area contributed by atoms with Crippen LogP contribution < -0.4 is 0 Å². The van der Waals surface area contributed by atoms with Crippen molar-refractivity contribution >= 4 is 40.8 Å². The van der Waals surface area contributed by atoms with Gasteiger partial charge in [-0.05, 0) is 25.7 Å². The lowest BCUT2D eigenvalue weighted by Gasteiger charge is -2.22. The maximum Gasteiger partial charge on any atom is 0.348 e. The summed E-state index contributed by atoms with van der Waals surface area (Å²) in [6, 6.07) is 9.13. The quantitative estimate of drug-likeness (QED) is 0.523. The summed E-state index contributed by atoms with van der Waals surface area (Å²) in [5, 5.41) is 1.01. The van der Waals surface area contributed by atoms with Gasteiger partial charge in [0.05, 0.1) is 5.70 Å². The monoisotopic (exact) mass is 355 g/mol. The van der Waals surface area contributed by atoms with Crippen LogP contribution in [0, 0.1) is 5.41 Å². The van der Waals surface area contributed by atoms with Gasteiger partial charge < -0.3 is 4.84 Å². The molecule has 1 aromatic rings. The van der Waals surface area contributed by atoms with E-state index in [0.29, 0.717) is 43.1 Å². The first-order chi connectivity index (χ1) is 11.1. The molecule has 0 unspecified atom stereocenters. The first-order valence-corrected chi connectivity index (χ1v) is 8.57. The van der Waals surface area contributed by atoms with Crippen LogP contribution in [0.2, 0.25) is 0 Å². The van der Waals surface area contributed by atoms with Gasteiger partial charge in [-0.3, -0.25) is 4.79 Å². The van der Waals surface area contributed by atoms with Crippen molar-refractivity contribution in [1.29, 1.82) is 0 Å². The average Bonchev–Trinajstić information content (AvgIpc) is 2.83. The van der Waals surface area contributed by atoms with Gasteiger partial charge in [0, 0.05) is 17.3 Å².